The van der Waals surface area contributed by atoms with Crippen LogP contribution in [0.3, 0.4) is 0 Å². The molecule has 0 aliphatic heterocycles. The van der Waals surface area contributed by atoms with E-state index in [1.54, 1.807) is 7.05 Å². The molecule has 0 atom stereocenters. The maximum Gasteiger partial charge on any atom is 0.182 e. The minimum atomic E-state index is 0.138. The number of nitrogens with one attached hydrogen (secondary N) is 1. The van der Waals surface area contributed by atoms with E-state index in [4.69, 9.17) is 0 Å². The molecule has 1 N–H and O–H groups in total. The molecule has 1 aromatic heterocycles. The number of rotatable bonds is 6. The lowest BCUT2D eigenvalue weighted by molar-refractivity contribution is -0.118. The molecule has 78 valence electrons. The third-order valence-electron chi connectivity index (χ3n) is 1.74. The molecule has 0 amide bonds. The van der Waals surface area contributed by atoms with Crippen molar-refractivity contribution in [3.8, 4) is 0 Å². The summed E-state index contributed by atoms with van der Waals surface area (Å²) in [6, 6.07) is 0. The van der Waals surface area contributed by atoms with Crippen LogP contribution in [-0.4, -0.2) is 39.1 Å². The Morgan fingerprint density at radius 2 is 2.36 bits per heavy atom. The van der Waals surface area contributed by atoms with Crippen molar-refractivity contribution in [2.24, 2.45) is 7.05 Å². The average molecular weight is 197 g/mol. The number of carbonyl (C=O) groups is 1. The van der Waals surface area contributed by atoms with Crippen molar-refractivity contribution in [2.45, 2.75) is 19.8 Å². The van der Waals surface area contributed by atoms with E-state index in [-0.39, 0.29) is 12.2 Å². The number of ketones is 1. The highest BCUT2D eigenvalue weighted by molar-refractivity contribution is 5.80. The molecule has 0 aromatic carbocycles. The van der Waals surface area contributed by atoms with E-state index in [0.717, 1.165) is 13.1 Å². The van der Waals surface area contributed by atoms with Crippen molar-refractivity contribution in [1.82, 2.24) is 25.5 Å². The highest BCUT2D eigenvalue weighted by Gasteiger charge is 2.07. The van der Waals surface area contributed by atoms with Crippen LogP contribution in [0.15, 0.2) is 0 Å². The Labute approximate surface area is 82.7 Å². The van der Waals surface area contributed by atoms with Crippen LogP contribution in [0.4, 0.5) is 0 Å². The summed E-state index contributed by atoms with van der Waals surface area (Å²) in [5, 5.41) is 14.4. The fourth-order valence-electron chi connectivity index (χ4n) is 1.06. The zero-order valence-electron chi connectivity index (χ0n) is 8.53. The van der Waals surface area contributed by atoms with Gasteiger partial charge in [-0.2, -0.15) is 4.80 Å². The van der Waals surface area contributed by atoms with Crippen LogP contribution >= 0.6 is 0 Å². The molecule has 6 heteroatoms. The van der Waals surface area contributed by atoms with Gasteiger partial charge in [0.05, 0.1) is 13.5 Å². The third kappa shape index (κ3) is 3.61. The number of nitrogens with zero attached hydrogens (tertiary/aromatic N) is 4. The molecule has 0 spiro atoms. The number of Topliss-reactive ketones (excluding diaryl/α,β-unsaturated/α-hetero) is 1. The molecule has 0 saturated carbocycles. The molecular formula is C8H15N5O. The lowest BCUT2D eigenvalue weighted by Crippen LogP contribution is -2.18. The van der Waals surface area contributed by atoms with Gasteiger partial charge in [-0.15, -0.1) is 10.2 Å². The maximum absolute atomic E-state index is 11.3. The fraction of sp³-hybridized carbons (Fsp3) is 0.750. The standard InChI is InChI=1S/C8H15N5O/c1-3-9-5-4-7(14)6-8-10-12-13(2)11-8/h9H,3-6H2,1-2H3. The molecule has 1 aromatic rings. The highest BCUT2D eigenvalue weighted by atomic mass is 16.1. The molecule has 0 saturated heterocycles. The summed E-state index contributed by atoms with van der Waals surface area (Å²) in [5.41, 5.74) is 0. The van der Waals surface area contributed by atoms with Gasteiger partial charge in [-0.05, 0) is 11.8 Å². The van der Waals surface area contributed by atoms with Gasteiger partial charge in [0.25, 0.3) is 0 Å². The first-order valence-electron chi connectivity index (χ1n) is 4.67. The molecule has 1 heterocycles. The molecule has 1 rings (SSSR count). The van der Waals surface area contributed by atoms with Crippen LogP contribution in [0, 0.1) is 0 Å². The zero-order valence-corrected chi connectivity index (χ0v) is 8.53. The smallest absolute Gasteiger partial charge is 0.182 e. The Balaban J connectivity index is 2.27. The van der Waals surface area contributed by atoms with Crippen LogP contribution in [0.1, 0.15) is 19.2 Å². The van der Waals surface area contributed by atoms with Crippen molar-refractivity contribution in [2.75, 3.05) is 13.1 Å². The summed E-state index contributed by atoms with van der Waals surface area (Å²) < 4.78 is 0. The van der Waals surface area contributed by atoms with Gasteiger partial charge < -0.3 is 5.32 Å². The van der Waals surface area contributed by atoms with Gasteiger partial charge in [0.1, 0.15) is 5.78 Å². The fourth-order valence-corrected chi connectivity index (χ4v) is 1.06. The van der Waals surface area contributed by atoms with E-state index >= 15 is 0 Å². The first kappa shape index (κ1) is 10.8. The SMILES string of the molecule is CCNCCC(=O)Cc1nnn(C)n1. The lowest BCUT2D eigenvalue weighted by atomic mass is 10.2. The largest absolute Gasteiger partial charge is 0.317 e. The quantitative estimate of drug-likeness (QED) is 0.612. The predicted octanol–water partition coefficient (Wildman–Crippen LogP) is -0.679. The number of aryl methyl sites for hydroxylation is 1. The predicted molar refractivity (Wildman–Crippen MR) is 50.7 cm³/mol. The topological polar surface area (TPSA) is 72.7 Å². The van der Waals surface area contributed by atoms with Crippen LogP contribution in [0.2, 0.25) is 0 Å². The molecular weight excluding hydrogens is 182 g/mol. The molecule has 14 heavy (non-hydrogen) atoms. The Morgan fingerprint density at radius 1 is 1.57 bits per heavy atom. The lowest BCUT2D eigenvalue weighted by Gasteiger charge is -1.98. The van der Waals surface area contributed by atoms with Crippen molar-refractivity contribution < 1.29 is 4.79 Å². The first-order chi connectivity index (χ1) is 6.72. The summed E-state index contributed by atoms with van der Waals surface area (Å²) in [7, 11) is 1.68. The Morgan fingerprint density at radius 3 is 2.93 bits per heavy atom. The summed E-state index contributed by atoms with van der Waals surface area (Å²) in [4.78, 5) is 12.7. The zero-order chi connectivity index (χ0) is 10.4. The molecule has 0 aliphatic rings. The third-order valence-corrected chi connectivity index (χ3v) is 1.74. The molecule has 0 bridgehead atoms. The number of tetrazole rings is 1. The van der Waals surface area contributed by atoms with E-state index in [0.29, 0.717) is 12.2 Å². The molecule has 0 unspecified atom stereocenters. The van der Waals surface area contributed by atoms with Crippen LogP contribution in [0.5, 0.6) is 0 Å². The first-order valence-corrected chi connectivity index (χ1v) is 4.67. The van der Waals surface area contributed by atoms with Crippen molar-refractivity contribution in [3.63, 3.8) is 0 Å². The van der Waals surface area contributed by atoms with Crippen LogP contribution in [-0.2, 0) is 18.3 Å². The second kappa shape index (κ2) is 5.43. The normalized spacial score (nSPS) is 10.4. The Kier molecular flexibility index (Phi) is 4.18. The minimum absolute atomic E-state index is 0.138. The van der Waals surface area contributed by atoms with Gasteiger partial charge in [-0.3, -0.25) is 4.79 Å². The monoisotopic (exact) mass is 197 g/mol. The van der Waals surface area contributed by atoms with Crippen LogP contribution in [0.25, 0.3) is 0 Å². The van der Waals surface area contributed by atoms with Gasteiger partial charge in [0.15, 0.2) is 5.82 Å². The second-order valence-electron chi connectivity index (χ2n) is 3.01. The van der Waals surface area contributed by atoms with Gasteiger partial charge in [-0.25, -0.2) is 0 Å². The average Bonchev–Trinajstić information content (AvgIpc) is 2.52. The number of hydrogen-bond acceptors (Lipinski definition) is 5. The molecule has 0 aliphatic carbocycles. The Hall–Kier alpha value is -1.30. The van der Waals surface area contributed by atoms with Crippen LogP contribution < -0.4 is 5.32 Å². The maximum atomic E-state index is 11.3. The highest BCUT2D eigenvalue weighted by Crippen LogP contribution is 1.92. The minimum Gasteiger partial charge on any atom is -0.317 e. The van der Waals surface area contributed by atoms with E-state index in [1.165, 1.54) is 4.80 Å². The van der Waals surface area contributed by atoms with E-state index in [9.17, 15) is 4.79 Å². The molecule has 6 nitrogen and oxygen atoms in total. The summed E-state index contributed by atoms with van der Waals surface area (Å²) in [6.45, 7) is 3.61. The summed E-state index contributed by atoms with van der Waals surface area (Å²) in [6.07, 6.45) is 0.797. The van der Waals surface area contributed by atoms with Crippen molar-refractivity contribution in [3.05, 3.63) is 5.82 Å². The van der Waals surface area contributed by atoms with Gasteiger partial charge in [0, 0.05) is 13.0 Å². The van der Waals surface area contributed by atoms with Gasteiger partial charge >= 0.3 is 0 Å². The van der Waals surface area contributed by atoms with Gasteiger partial charge in [0.2, 0.25) is 0 Å². The van der Waals surface area contributed by atoms with E-state index < -0.39 is 0 Å². The Bertz CT molecular complexity index is 296. The number of hydrogen-bond donors (Lipinski definition) is 1. The van der Waals surface area contributed by atoms with Crippen molar-refractivity contribution >= 4 is 5.78 Å². The molecule has 0 fully saturated rings. The number of aromatic nitrogens is 4. The summed E-state index contributed by atoms with van der Waals surface area (Å²) >= 11 is 0. The van der Waals surface area contributed by atoms with E-state index in [1.807, 2.05) is 6.92 Å². The van der Waals surface area contributed by atoms with Crippen molar-refractivity contribution in [1.29, 1.82) is 0 Å². The molecule has 0 radical (unpaired) electrons. The summed E-state index contributed by atoms with van der Waals surface area (Å²) in [5.74, 6) is 0.632. The van der Waals surface area contributed by atoms with E-state index in [2.05, 4.69) is 20.7 Å². The second-order valence-corrected chi connectivity index (χ2v) is 3.01. The number of carbonyl (C=O) groups excluding carboxylic acids is 1. The van der Waals surface area contributed by atoms with Gasteiger partial charge in [-0.1, -0.05) is 6.92 Å².